The highest BCUT2D eigenvalue weighted by atomic mass is 35.5. The van der Waals surface area contributed by atoms with Crippen LogP contribution in [0.4, 0.5) is 5.69 Å². The largest absolute Gasteiger partial charge is 0.484 e. The number of carbonyl (C=O) groups excluding carboxylic acids is 2. The Morgan fingerprint density at radius 3 is 2.62 bits per heavy atom. The monoisotopic (exact) mass is 346 g/mol. The van der Waals surface area contributed by atoms with Crippen LogP contribution < -0.4 is 15.4 Å². The first-order valence-corrected chi connectivity index (χ1v) is 7.99. The zero-order valence-corrected chi connectivity index (χ0v) is 14.1. The van der Waals surface area contributed by atoms with Crippen molar-refractivity contribution in [2.75, 3.05) is 18.5 Å². The van der Waals surface area contributed by atoms with Gasteiger partial charge in [0.25, 0.3) is 5.91 Å². The molecule has 0 spiro atoms. The van der Waals surface area contributed by atoms with Gasteiger partial charge in [-0.15, -0.1) is 0 Å². The van der Waals surface area contributed by atoms with Gasteiger partial charge in [-0.05, 0) is 36.2 Å². The summed E-state index contributed by atoms with van der Waals surface area (Å²) in [5, 5.41) is 5.83. The number of anilines is 1. The maximum Gasteiger partial charge on any atom is 0.258 e. The molecular formula is C18H19ClN2O3. The fourth-order valence-corrected chi connectivity index (χ4v) is 2.26. The molecular weight excluding hydrogens is 328 g/mol. The van der Waals surface area contributed by atoms with Crippen LogP contribution in [-0.2, 0) is 16.0 Å². The summed E-state index contributed by atoms with van der Waals surface area (Å²) >= 11 is 5.83. The van der Waals surface area contributed by atoms with Crippen LogP contribution >= 0.6 is 11.6 Å². The molecule has 2 rings (SSSR count). The zero-order chi connectivity index (χ0) is 17.4. The number of para-hydroxylation sites is 1. The molecule has 0 aliphatic heterocycles. The molecule has 0 bridgehead atoms. The number of hydrogen-bond donors (Lipinski definition) is 2. The molecule has 2 aromatic rings. The number of hydrogen-bond acceptors (Lipinski definition) is 3. The third-order valence-electron chi connectivity index (χ3n) is 3.28. The van der Waals surface area contributed by atoms with Crippen molar-refractivity contribution in [2.45, 2.75) is 13.3 Å². The van der Waals surface area contributed by atoms with Gasteiger partial charge in [0.05, 0.1) is 6.54 Å². The number of amides is 2. The Hall–Kier alpha value is -2.53. The Kier molecular flexibility index (Phi) is 6.63. The zero-order valence-electron chi connectivity index (χ0n) is 13.3. The van der Waals surface area contributed by atoms with E-state index in [0.29, 0.717) is 10.8 Å². The number of aryl methyl sites for hydroxylation is 1. The fourth-order valence-electron chi connectivity index (χ4n) is 2.08. The van der Waals surface area contributed by atoms with Crippen LogP contribution in [0.1, 0.15) is 12.5 Å². The predicted molar refractivity (Wildman–Crippen MR) is 94.4 cm³/mol. The van der Waals surface area contributed by atoms with Crippen molar-refractivity contribution in [1.82, 2.24) is 5.32 Å². The Balaban J connectivity index is 1.76. The van der Waals surface area contributed by atoms with E-state index in [1.807, 2.05) is 31.2 Å². The summed E-state index contributed by atoms with van der Waals surface area (Å²) in [7, 11) is 0. The standard InChI is InChI=1S/C18H19ClN2O3/c1-2-13-6-3-4-9-16(13)21-17(22)11-20-18(23)12-24-15-8-5-7-14(19)10-15/h3-10H,2,11-12H2,1H3,(H,20,23)(H,21,22). The van der Waals surface area contributed by atoms with Gasteiger partial charge in [0.2, 0.25) is 5.91 Å². The highest BCUT2D eigenvalue weighted by molar-refractivity contribution is 6.30. The van der Waals surface area contributed by atoms with E-state index in [0.717, 1.165) is 17.7 Å². The molecule has 24 heavy (non-hydrogen) atoms. The average molecular weight is 347 g/mol. The third-order valence-corrected chi connectivity index (χ3v) is 3.52. The topological polar surface area (TPSA) is 67.4 Å². The summed E-state index contributed by atoms with van der Waals surface area (Å²) in [5.41, 5.74) is 1.80. The second-order valence-corrected chi connectivity index (χ2v) is 5.52. The minimum Gasteiger partial charge on any atom is -0.484 e. The molecule has 0 aromatic heterocycles. The number of benzene rings is 2. The second kappa shape index (κ2) is 8.93. The molecule has 0 aliphatic rings. The minimum absolute atomic E-state index is 0.115. The number of rotatable bonds is 7. The van der Waals surface area contributed by atoms with Gasteiger partial charge in [-0.2, -0.15) is 0 Å². The maximum absolute atomic E-state index is 11.9. The summed E-state index contributed by atoms with van der Waals surface area (Å²) in [4.78, 5) is 23.7. The molecule has 0 heterocycles. The predicted octanol–water partition coefficient (Wildman–Crippen LogP) is 3.04. The van der Waals surface area contributed by atoms with Crippen molar-refractivity contribution in [2.24, 2.45) is 0 Å². The van der Waals surface area contributed by atoms with Crippen molar-refractivity contribution in [3.8, 4) is 5.75 Å². The van der Waals surface area contributed by atoms with Crippen molar-refractivity contribution < 1.29 is 14.3 Å². The normalized spacial score (nSPS) is 10.1. The lowest BCUT2D eigenvalue weighted by Gasteiger charge is -2.11. The van der Waals surface area contributed by atoms with Crippen LogP contribution in [0, 0.1) is 0 Å². The smallest absolute Gasteiger partial charge is 0.258 e. The van der Waals surface area contributed by atoms with Crippen LogP contribution in [0.3, 0.4) is 0 Å². The SMILES string of the molecule is CCc1ccccc1NC(=O)CNC(=O)COc1cccc(Cl)c1. The summed E-state index contributed by atoms with van der Waals surface area (Å²) in [5.74, 6) is -0.167. The highest BCUT2D eigenvalue weighted by Gasteiger charge is 2.08. The molecule has 0 atom stereocenters. The van der Waals surface area contributed by atoms with E-state index in [1.54, 1.807) is 24.3 Å². The first-order valence-electron chi connectivity index (χ1n) is 7.61. The Morgan fingerprint density at radius 1 is 1.08 bits per heavy atom. The molecule has 6 heteroatoms. The highest BCUT2D eigenvalue weighted by Crippen LogP contribution is 2.17. The van der Waals surface area contributed by atoms with Crippen molar-refractivity contribution >= 4 is 29.1 Å². The molecule has 2 aromatic carbocycles. The van der Waals surface area contributed by atoms with E-state index < -0.39 is 0 Å². The van der Waals surface area contributed by atoms with Gasteiger partial charge in [-0.1, -0.05) is 42.8 Å². The molecule has 0 radical (unpaired) electrons. The van der Waals surface area contributed by atoms with Crippen LogP contribution in [0.2, 0.25) is 5.02 Å². The Morgan fingerprint density at radius 2 is 1.88 bits per heavy atom. The van der Waals surface area contributed by atoms with Crippen molar-refractivity contribution in [3.63, 3.8) is 0 Å². The second-order valence-electron chi connectivity index (χ2n) is 5.08. The number of halogens is 1. The van der Waals surface area contributed by atoms with E-state index in [2.05, 4.69) is 10.6 Å². The number of carbonyl (C=O) groups is 2. The lowest BCUT2D eigenvalue weighted by atomic mass is 10.1. The number of nitrogens with one attached hydrogen (secondary N) is 2. The molecule has 0 aliphatic carbocycles. The van der Waals surface area contributed by atoms with E-state index in [-0.39, 0.29) is 25.0 Å². The molecule has 126 valence electrons. The fraction of sp³-hybridized carbons (Fsp3) is 0.222. The van der Waals surface area contributed by atoms with E-state index in [1.165, 1.54) is 0 Å². The third kappa shape index (κ3) is 5.59. The van der Waals surface area contributed by atoms with E-state index >= 15 is 0 Å². The first-order chi connectivity index (χ1) is 11.6. The minimum atomic E-state index is -0.381. The molecule has 0 saturated heterocycles. The van der Waals surface area contributed by atoms with Gasteiger partial charge in [0.1, 0.15) is 5.75 Å². The van der Waals surface area contributed by atoms with Crippen molar-refractivity contribution in [1.29, 1.82) is 0 Å². The molecule has 0 fully saturated rings. The first kappa shape index (κ1) is 17.8. The lowest BCUT2D eigenvalue weighted by Crippen LogP contribution is -2.35. The van der Waals surface area contributed by atoms with E-state index in [9.17, 15) is 9.59 Å². The van der Waals surface area contributed by atoms with Crippen molar-refractivity contribution in [3.05, 3.63) is 59.1 Å². The summed E-state index contributed by atoms with van der Waals surface area (Å²) in [6.45, 7) is 1.72. The average Bonchev–Trinajstić information content (AvgIpc) is 2.58. The van der Waals surface area contributed by atoms with Crippen LogP contribution in [0.5, 0.6) is 5.75 Å². The molecule has 5 nitrogen and oxygen atoms in total. The molecule has 2 amide bonds. The lowest BCUT2D eigenvalue weighted by molar-refractivity contribution is -0.125. The van der Waals surface area contributed by atoms with E-state index in [4.69, 9.17) is 16.3 Å². The van der Waals surface area contributed by atoms with Crippen LogP contribution in [0.25, 0.3) is 0 Å². The Bertz CT molecular complexity index is 719. The summed E-state index contributed by atoms with van der Waals surface area (Å²) in [6.07, 6.45) is 0.816. The van der Waals surface area contributed by atoms with Gasteiger partial charge in [-0.3, -0.25) is 9.59 Å². The Labute approximate surface area is 146 Å². The quantitative estimate of drug-likeness (QED) is 0.809. The molecule has 0 saturated carbocycles. The van der Waals surface area contributed by atoms with Gasteiger partial charge < -0.3 is 15.4 Å². The van der Waals surface area contributed by atoms with Gasteiger partial charge >= 0.3 is 0 Å². The maximum atomic E-state index is 11.9. The van der Waals surface area contributed by atoms with Crippen LogP contribution in [-0.4, -0.2) is 25.0 Å². The van der Waals surface area contributed by atoms with Gasteiger partial charge in [0.15, 0.2) is 6.61 Å². The van der Waals surface area contributed by atoms with Gasteiger partial charge in [-0.25, -0.2) is 0 Å². The molecule has 0 unspecified atom stereocenters. The van der Waals surface area contributed by atoms with Gasteiger partial charge in [0, 0.05) is 10.7 Å². The summed E-state index contributed by atoms with van der Waals surface area (Å²) < 4.78 is 5.31. The summed E-state index contributed by atoms with van der Waals surface area (Å²) in [6, 6.07) is 14.3. The van der Waals surface area contributed by atoms with Crippen LogP contribution in [0.15, 0.2) is 48.5 Å². The molecule has 2 N–H and O–H groups in total. The number of ether oxygens (including phenoxy) is 1.